The van der Waals surface area contributed by atoms with Crippen molar-refractivity contribution in [3.8, 4) is 0 Å². The van der Waals surface area contributed by atoms with Crippen LogP contribution in [0.1, 0.15) is 34.6 Å². The standard InChI is InChI=1S/C15H22N2S/c1-12-13(11-17-7-3-2-4-8-17)9-15(18-12)10-16-14-5-6-14/h2-3,9,14,16H,4-8,10-11H2,1H3. The van der Waals surface area contributed by atoms with E-state index in [2.05, 4.69) is 35.4 Å². The van der Waals surface area contributed by atoms with Gasteiger partial charge in [0.25, 0.3) is 0 Å². The molecule has 1 fully saturated rings. The van der Waals surface area contributed by atoms with Crippen LogP contribution in [0.3, 0.4) is 0 Å². The van der Waals surface area contributed by atoms with E-state index < -0.39 is 0 Å². The van der Waals surface area contributed by atoms with E-state index in [0.717, 1.165) is 25.7 Å². The van der Waals surface area contributed by atoms with Crippen LogP contribution in [0.4, 0.5) is 0 Å². The maximum atomic E-state index is 3.60. The van der Waals surface area contributed by atoms with Crippen molar-refractivity contribution in [1.29, 1.82) is 0 Å². The molecule has 18 heavy (non-hydrogen) atoms. The van der Waals surface area contributed by atoms with Crippen LogP contribution < -0.4 is 5.32 Å². The summed E-state index contributed by atoms with van der Waals surface area (Å²) < 4.78 is 0. The molecule has 0 atom stereocenters. The Morgan fingerprint density at radius 3 is 3.00 bits per heavy atom. The van der Waals surface area contributed by atoms with Gasteiger partial charge in [-0.3, -0.25) is 4.90 Å². The highest BCUT2D eigenvalue weighted by atomic mass is 32.1. The lowest BCUT2D eigenvalue weighted by atomic mass is 10.2. The van der Waals surface area contributed by atoms with Gasteiger partial charge in [0.05, 0.1) is 0 Å². The summed E-state index contributed by atoms with van der Waals surface area (Å²) in [4.78, 5) is 5.53. The average molecular weight is 262 g/mol. The average Bonchev–Trinajstić information content (AvgIpc) is 3.15. The molecular formula is C15H22N2S. The second-order valence-electron chi connectivity index (χ2n) is 5.44. The second kappa shape index (κ2) is 5.55. The van der Waals surface area contributed by atoms with Crippen molar-refractivity contribution in [2.75, 3.05) is 13.1 Å². The van der Waals surface area contributed by atoms with Crippen molar-refractivity contribution in [3.63, 3.8) is 0 Å². The summed E-state index contributed by atoms with van der Waals surface area (Å²) in [5.41, 5.74) is 1.53. The van der Waals surface area contributed by atoms with Crippen molar-refractivity contribution < 1.29 is 0 Å². The number of aryl methyl sites for hydroxylation is 1. The molecular weight excluding hydrogens is 240 g/mol. The predicted molar refractivity (Wildman–Crippen MR) is 78.0 cm³/mol. The van der Waals surface area contributed by atoms with E-state index in [1.807, 2.05) is 11.3 Å². The molecule has 0 radical (unpaired) electrons. The van der Waals surface area contributed by atoms with Crippen LogP contribution in [0, 0.1) is 6.92 Å². The lowest BCUT2D eigenvalue weighted by Crippen LogP contribution is -2.26. The second-order valence-corrected chi connectivity index (χ2v) is 6.79. The quantitative estimate of drug-likeness (QED) is 0.820. The Balaban J connectivity index is 1.58. The molecule has 3 rings (SSSR count). The molecule has 0 bridgehead atoms. The van der Waals surface area contributed by atoms with Gasteiger partial charge in [-0.15, -0.1) is 11.3 Å². The zero-order valence-electron chi connectivity index (χ0n) is 11.1. The maximum absolute atomic E-state index is 3.60. The molecule has 3 heteroatoms. The molecule has 2 heterocycles. The summed E-state index contributed by atoms with van der Waals surface area (Å²) in [6.45, 7) is 6.78. The maximum Gasteiger partial charge on any atom is 0.0302 e. The number of nitrogens with zero attached hydrogens (tertiary/aromatic N) is 1. The van der Waals surface area contributed by atoms with Crippen molar-refractivity contribution >= 4 is 11.3 Å². The largest absolute Gasteiger partial charge is 0.309 e. The number of thiophene rings is 1. The molecule has 0 aromatic carbocycles. The van der Waals surface area contributed by atoms with Crippen molar-refractivity contribution in [1.82, 2.24) is 10.2 Å². The van der Waals surface area contributed by atoms with Crippen molar-refractivity contribution in [2.45, 2.75) is 45.3 Å². The monoisotopic (exact) mass is 262 g/mol. The third-order valence-electron chi connectivity index (χ3n) is 3.75. The Hall–Kier alpha value is -0.640. The van der Waals surface area contributed by atoms with Crippen molar-refractivity contribution in [2.24, 2.45) is 0 Å². The first-order chi connectivity index (χ1) is 8.81. The van der Waals surface area contributed by atoms with E-state index in [9.17, 15) is 0 Å². The fourth-order valence-corrected chi connectivity index (χ4v) is 3.44. The van der Waals surface area contributed by atoms with Crippen LogP contribution in [-0.2, 0) is 13.1 Å². The molecule has 0 saturated heterocycles. The molecule has 2 aliphatic rings. The van der Waals surface area contributed by atoms with Gasteiger partial charge < -0.3 is 5.32 Å². The van der Waals surface area contributed by atoms with Gasteiger partial charge in [0.2, 0.25) is 0 Å². The molecule has 1 aliphatic carbocycles. The lowest BCUT2D eigenvalue weighted by molar-refractivity contribution is 0.290. The van der Waals surface area contributed by atoms with E-state index in [1.165, 1.54) is 41.1 Å². The summed E-state index contributed by atoms with van der Waals surface area (Å²) in [7, 11) is 0. The molecule has 1 aliphatic heterocycles. The van der Waals surface area contributed by atoms with Gasteiger partial charge in [-0.1, -0.05) is 12.2 Å². The Kier molecular flexibility index (Phi) is 3.83. The number of nitrogens with one attached hydrogen (secondary N) is 1. The summed E-state index contributed by atoms with van der Waals surface area (Å²) in [6.07, 6.45) is 8.54. The normalized spacial score (nSPS) is 20.5. The van der Waals surface area contributed by atoms with Crippen LogP contribution in [0.25, 0.3) is 0 Å². The summed E-state index contributed by atoms with van der Waals surface area (Å²) in [5, 5.41) is 3.60. The Bertz CT molecular complexity index is 432. The Labute approximate surface area is 114 Å². The molecule has 2 nitrogen and oxygen atoms in total. The highest BCUT2D eigenvalue weighted by Crippen LogP contribution is 2.25. The third-order valence-corrected chi connectivity index (χ3v) is 4.84. The van der Waals surface area contributed by atoms with Crippen LogP contribution in [-0.4, -0.2) is 24.0 Å². The summed E-state index contributed by atoms with van der Waals surface area (Å²) >= 11 is 1.97. The molecule has 1 saturated carbocycles. The number of rotatable bonds is 5. The van der Waals surface area contributed by atoms with E-state index >= 15 is 0 Å². The molecule has 1 aromatic heterocycles. The summed E-state index contributed by atoms with van der Waals surface area (Å²) in [5.74, 6) is 0. The fraction of sp³-hybridized carbons (Fsp3) is 0.600. The van der Waals surface area contributed by atoms with Crippen LogP contribution in [0.15, 0.2) is 18.2 Å². The van der Waals surface area contributed by atoms with Gasteiger partial charge in [0.15, 0.2) is 0 Å². The minimum atomic E-state index is 0.808. The number of hydrogen-bond donors (Lipinski definition) is 1. The third kappa shape index (κ3) is 3.22. The number of hydrogen-bond acceptors (Lipinski definition) is 3. The minimum Gasteiger partial charge on any atom is -0.309 e. The molecule has 0 spiro atoms. The molecule has 98 valence electrons. The van der Waals surface area contributed by atoms with Gasteiger partial charge in [0, 0.05) is 42.0 Å². The lowest BCUT2D eigenvalue weighted by Gasteiger charge is -2.22. The van der Waals surface area contributed by atoms with Gasteiger partial charge in [-0.05, 0) is 37.8 Å². The Morgan fingerprint density at radius 1 is 1.39 bits per heavy atom. The van der Waals surface area contributed by atoms with Gasteiger partial charge >= 0.3 is 0 Å². The van der Waals surface area contributed by atoms with Crippen LogP contribution in [0.5, 0.6) is 0 Å². The SMILES string of the molecule is Cc1sc(CNC2CC2)cc1CN1CC=CCC1. The van der Waals surface area contributed by atoms with E-state index in [4.69, 9.17) is 0 Å². The topological polar surface area (TPSA) is 15.3 Å². The minimum absolute atomic E-state index is 0.808. The molecule has 1 aromatic rings. The van der Waals surface area contributed by atoms with E-state index in [1.54, 1.807) is 0 Å². The molecule has 0 amide bonds. The van der Waals surface area contributed by atoms with Gasteiger partial charge in [-0.2, -0.15) is 0 Å². The smallest absolute Gasteiger partial charge is 0.0302 e. The van der Waals surface area contributed by atoms with Gasteiger partial charge in [-0.25, -0.2) is 0 Å². The summed E-state index contributed by atoms with van der Waals surface area (Å²) in [6, 6.07) is 3.22. The zero-order chi connectivity index (χ0) is 12.4. The highest BCUT2D eigenvalue weighted by Gasteiger charge is 2.20. The first kappa shape index (κ1) is 12.4. The van der Waals surface area contributed by atoms with Crippen molar-refractivity contribution in [3.05, 3.63) is 33.5 Å². The van der Waals surface area contributed by atoms with Crippen LogP contribution in [0.2, 0.25) is 0 Å². The molecule has 1 N–H and O–H groups in total. The first-order valence-corrected chi connectivity index (χ1v) is 7.82. The van der Waals surface area contributed by atoms with Crippen LogP contribution >= 0.6 is 11.3 Å². The Morgan fingerprint density at radius 2 is 2.28 bits per heavy atom. The first-order valence-electron chi connectivity index (χ1n) is 7.00. The van der Waals surface area contributed by atoms with Gasteiger partial charge in [0.1, 0.15) is 0 Å². The highest BCUT2D eigenvalue weighted by molar-refractivity contribution is 7.12. The van der Waals surface area contributed by atoms with E-state index in [0.29, 0.717) is 0 Å². The zero-order valence-corrected chi connectivity index (χ0v) is 11.9. The fourth-order valence-electron chi connectivity index (χ4n) is 2.44. The predicted octanol–water partition coefficient (Wildman–Crippen LogP) is 3.07. The molecule has 0 unspecified atom stereocenters. The van der Waals surface area contributed by atoms with E-state index in [-0.39, 0.29) is 0 Å².